The highest BCUT2D eigenvalue weighted by atomic mass is 16.5. The van der Waals surface area contributed by atoms with Crippen molar-refractivity contribution in [1.82, 2.24) is 14.8 Å². The van der Waals surface area contributed by atoms with Gasteiger partial charge in [-0.25, -0.2) is 9.59 Å². The van der Waals surface area contributed by atoms with Crippen LogP contribution in [0.3, 0.4) is 0 Å². The number of amides is 2. The maximum atomic E-state index is 12.8. The minimum atomic E-state index is -0.644. The van der Waals surface area contributed by atoms with Gasteiger partial charge in [0.05, 0.1) is 7.11 Å². The Balaban J connectivity index is 1.74. The van der Waals surface area contributed by atoms with Gasteiger partial charge in [0.25, 0.3) is 5.56 Å². The number of piperidine rings is 1. The number of aromatic nitrogens is 1. The molecular weight excluding hydrogens is 334 g/mol. The van der Waals surface area contributed by atoms with E-state index in [0.717, 1.165) is 18.5 Å². The van der Waals surface area contributed by atoms with E-state index < -0.39 is 12.0 Å². The van der Waals surface area contributed by atoms with Gasteiger partial charge in [-0.2, -0.15) is 0 Å². The zero-order chi connectivity index (χ0) is 18.8. The number of likely N-dealkylation sites (tertiary alicyclic amines) is 1. The number of urea groups is 1. The molecule has 3 rings (SSSR count). The molecule has 0 unspecified atom stereocenters. The number of hydrogen-bond acceptors (Lipinski definition) is 4. The molecular formula is C19H27N3O4. The molecule has 3 heterocycles. The second-order valence-electron chi connectivity index (χ2n) is 7.44. The van der Waals surface area contributed by atoms with Crippen molar-refractivity contribution in [2.24, 2.45) is 11.8 Å². The summed E-state index contributed by atoms with van der Waals surface area (Å²) in [6.45, 7) is 5.70. The summed E-state index contributed by atoms with van der Waals surface area (Å²) in [7, 11) is 1.34. The van der Waals surface area contributed by atoms with Crippen LogP contribution < -0.4 is 10.9 Å². The fraction of sp³-hybridized carbons (Fsp3) is 0.632. The minimum Gasteiger partial charge on any atom is -0.467 e. The number of rotatable bonds is 4. The van der Waals surface area contributed by atoms with Gasteiger partial charge in [0.15, 0.2) is 0 Å². The second-order valence-corrected chi connectivity index (χ2v) is 7.44. The van der Waals surface area contributed by atoms with Crippen molar-refractivity contribution in [2.45, 2.75) is 45.2 Å². The first-order valence-corrected chi connectivity index (χ1v) is 9.27. The molecule has 0 aromatic carbocycles. The molecule has 2 aliphatic rings. The summed E-state index contributed by atoms with van der Waals surface area (Å²) in [5.74, 6) is -0.00797. The molecule has 26 heavy (non-hydrogen) atoms. The zero-order valence-corrected chi connectivity index (χ0v) is 15.6. The highest BCUT2D eigenvalue weighted by Gasteiger charge is 2.37. The lowest BCUT2D eigenvalue weighted by Gasteiger charge is -2.43. The summed E-state index contributed by atoms with van der Waals surface area (Å²) in [5, 5.41) is 2.86. The number of nitrogens with one attached hydrogen (secondary N) is 1. The van der Waals surface area contributed by atoms with E-state index in [2.05, 4.69) is 5.32 Å². The number of carbonyl (C=O) groups excluding carboxylic acids is 2. The standard InChI is InChI=1S/C19H27N3O4/c1-4-12(2)17(18(24)26-3)20-19(25)21-9-13-8-14(11-21)15-6-5-7-16(23)22(15)10-13/h5-7,12-14,17H,4,8-11H2,1-3H3,(H,20,25)/t12-,13+,14-,17-/m0/s1. The highest BCUT2D eigenvalue weighted by Crippen LogP contribution is 2.34. The Morgan fingerprint density at radius 3 is 2.77 bits per heavy atom. The van der Waals surface area contributed by atoms with Crippen LogP contribution in [0.1, 0.15) is 38.3 Å². The quantitative estimate of drug-likeness (QED) is 0.826. The summed E-state index contributed by atoms with van der Waals surface area (Å²) >= 11 is 0. The summed E-state index contributed by atoms with van der Waals surface area (Å²) < 4.78 is 6.69. The van der Waals surface area contributed by atoms with Crippen LogP contribution in [0.5, 0.6) is 0 Å². The van der Waals surface area contributed by atoms with Crippen molar-refractivity contribution in [3.63, 3.8) is 0 Å². The maximum Gasteiger partial charge on any atom is 0.328 e. The number of ether oxygens (including phenoxy) is 1. The van der Waals surface area contributed by atoms with E-state index in [0.29, 0.717) is 19.6 Å². The van der Waals surface area contributed by atoms with Gasteiger partial charge in [-0.3, -0.25) is 4.79 Å². The molecule has 1 aromatic rings. The van der Waals surface area contributed by atoms with Gasteiger partial charge < -0.3 is 19.5 Å². The van der Waals surface area contributed by atoms with Gasteiger partial charge in [0.1, 0.15) is 6.04 Å². The van der Waals surface area contributed by atoms with Crippen molar-refractivity contribution >= 4 is 12.0 Å². The SMILES string of the molecule is CC[C@H](C)[C@H](NC(=O)N1C[C@H]2C[C@@H](C1)c1cccc(=O)n1C2)C(=O)OC. The van der Waals surface area contributed by atoms with Crippen LogP contribution in [-0.2, 0) is 16.1 Å². The number of carbonyl (C=O) groups is 2. The first-order chi connectivity index (χ1) is 12.4. The second kappa shape index (κ2) is 7.51. The normalized spacial score (nSPS) is 23.6. The number of fused-ring (bicyclic) bond motifs is 4. The lowest BCUT2D eigenvalue weighted by molar-refractivity contribution is -0.144. The number of hydrogen-bond donors (Lipinski definition) is 1. The van der Waals surface area contributed by atoms with Crippen LogP contribution in [-0.4, -0.2) is 47.7 Å². The van der Waals surface area contributed by atoms with Gasteiger partial charge in [-0.05, 0) is 24.3 Å². The largest absolute Gasteiger partial charge is 0.467 e. The molecule has 7 heteroatoms. The highest BCUT2D eigenvalue weighted by molar-refractivity contribution is 5.84. The van der Waals surface area contributed by atoms with Gasteiger partial charge >= 0.3 is 12.0 Å². The molecule has 4 atom stereocenters. The van der Waals surface area contributed by atoms with E-state index >= 15 is 0 Å². The lowest BCUT2D eigenvalue weighted by Crippen LogP contribution is -2.55. The fourth-order valence-corrected chi connectivity index (χ4v) is 4.08. The van der Waals surface area contributed by atoms with E-state index in [9.17, 15) is 14.4 Å². The zero-order valence-electron chi connectivity index (χ0n) is 15.6. The molecule has 2 aliphatic heterocycles. The van der Waals surface area contributed by atoms with E-state index in [1.54, 1.807) is 17.0 Å². The molecule has 0 radical (unpaired) electrons. The molecule has 0 saturated carbocycles. The molecule has 1 N–H and O–H groups in total. The number of nitrogens with zero attached hydrogens (tertiary/aromatic N) is 2. The van der Waals surface area contributed by atoms with Crippen molar-refractivity contribution in [2.75, 3.05) is 20.2 Å². The Morgan fingerprint density at radius 2 is 2.08 bits per heavy atom. The van der Waals surface area contributed by atoms with Crippen LogP contribution in [0.25, 0.3) is 0 Å². The molecule has 0 spiro atoms. The topological polar surface area (TPSA) is 80.6 Å². The molecule has 2 amide bonds. The predicted octanol–water partition coefficient (Wildman–Crippen LogP) is 1.56. The van der Waals surface area contributed by atoms with Crippen molar-refractivity contribution in [1.29, 1.82) is 0 Å². The molecule has 1 aromatic heterocycles. The summed E-state index contributed by atoms with van der Waals surface area (Å²) in [5.41, 5.74) is 1.02. The van der Waals surface area contributed by atoms with E-state index in [1.807, 2.05) is 24.5 Å². The Morgan fingerprint density at radius 1 is 1.31 bits per heavy atom. The first kappa shape index (κ1) is 18.5. The number of esters is 1. The van der Waals surface area contributed by atoms with Gasteiger partial charge in [-0.1, -0.05) is 26.3 Å². The lowest BCUT2D eigenvalue weighted by atomic mass is 9.83. The third kappa shape index (κ3) is 3.48. The minimum absolute atomic E-state index is 0.00464. The Kier molecular flexibility index (Phi) is 5.34. The Hall–Kier alpha value is -2.31. The molecule has 2 bridgehead atoms. The molecule has 0 aliphatic carbocycles. The van der Waals surface area contributed by atoms with E-state index in [1.165, 1.54) is 7.11 Å². The Bertz CT molecular complexity index is 745. The fourth-order valence-electron chi connectivity index (χ4n) is 4.08. The van der Waals surface area contributed by atoms with Crippen molar-refractivity contribution in [3.05, 3.63) is 34.2 Å². The van der Waals surface area contributed by atoms with E-state index in [4.69, 9.17) is 4.74 Å². The first-order valence-electron chi connectivity index (χ1n) is 9.27. The van der Waals surface area contributed by atoms with Gasteiger partial charge in [0.2, 0.25) is 0 Å². The van der Waals surface area contributed by atoms with Crippen LogP contribution >= 0.6 is 0 Å². The van der Waals surface area contributed by atoms with Crippen LogP contribution in [0.2, 0.25) is 0 Å². The predicted molar refractivity (Wildman–Crippen MR) is 96.9 cm³/mol. The van der Waals surface area contributed by atoms with Crippen LogP contribution in [0.4, 0.5) is 4.79 Å². The molecule has 1 saturated heterocycles. The molecule has 1 fully saturated rings. The third-order valence-corrected chi connectivity index (χ3v) is 5.71. The van der Waals surface area contributed by atoms with Gasteiger partial charge in [-0.15, -0.1) is 0 Å². The molecule has 7 nitrogen and oxygen atoms in total. The average molecular weight is 361 g/mol. The smallest absolute Gasteiger partial charge is 0.328 e. The average Bonchev–Trinajstić information content (AvgIpc) is 2.65. The summed E-state index contributed by atoms with van der Waals surface area (Å²) in [6, 6.07) is 4.46. The maximum absolute atomic E-state index is 12.8. The van der Waals surface area contributed by atoms with Crippen LogP contribution in [0.15, 0.2) is 23.0 Å². The summed E-state index contributed by atoms with van der Waals surface area (Å²) in [6.07, 6.45) is 1.75. The monoisotopic (exact) mass is 361 g/mol. The van der Waals surface area contributed by atoms with E-state index in [-0.39, 0.29) is 29.3 Å². The number of methoxy groups -OCH3 is 1. The molecule has 142 valence electrons. The van der Waals surface area contributed by atoms with Crippen LogP contribution in [0, 0.1) is 11.8 Å². The summed E-state index contributed by atoms with van der Waals surface area (Å²) in [4.78, 5) is 38.7. The van der Waals surface area contributed by atoms with Crippen molar-refractivity contribution < 1.29 is 14.3 Å². The van der Waals surface area contributed by atoms with Gasteiger partial charge in [0, 0.05) is 37.3 Å². The van der Waals surface area contributed by atoms with Crippen molar-refractivity contribution in [3.8, 4) is 0 Å². The Labute approximate surface area is 153 Å². The third-order valence-electron chi connectivity index (χ3n) is 5.71. The number of pyridine rings is 1.